The molecular weight excluding hydrogens is 424 g/mol. The quantitative estimate of drug-likeness (QED) is 0.650. The summed E-state index contributed by atoms with van der Waals surface area (Å²) in [6.45, 7) is 0.623. The number of rotatable bonds is 5. The van der Waals surface area contributed by atoms with Gasteiger partial charge in [0.2, 0.25) is 0 Å². The molecule has 6 heteroatoms. The van der Waals surface area contributed by atoms with E-state index in [0.29, 0.717) is 23.1 Å². The first-order valence-corrected chi connectivity index (χ1v) is 7.98. The zero-order chi connectivity index (χ0) is 15.4. The van der Waals surface area contributed by atoms with Gasteiger partial charge in [-0.1, -0.05) is 23.2 Å². The number of nitrogens with one attached hydrogen (secondary N) is 1. The van der Waals surface area contributed by atoms with Crippen molar-refractivity contribution in [2.75, 3.05) is 19.5 Å². The molecule has 2 aromatic carbocycles. The molecule has 0 fully saturated rings. The number of hydrogen-bond acceptors (Lipinski definition) is 3. The highest BCUT2D eigenvalue weighted by Crippen LogP contribution is 2.36. The predicted molar refractivity (Wildman–Crippen MR) is 96.1 cm³/mol. The molecule has 2 rings (SSSR count). The van der Waals surface area contributed by atoms with E-state index >= 15 is 0 Å². The van der Waals surface area contributed by atoms with E-state index in [4.69, 9.17) is 32.7 Å². The van der Waals surface area contributed by atoms with Crippen LogP contribution in [0.25, 0.3) is 0 Å². The Morgan fingerprint density at radius 3 is 2.48 bits per heavy atom. The van der Waals surface area contributed by atoms with Gasteiger partial charge in [0.05, 0.1) is 19.2 Å². The molecule has 21 heavy (non-hydrogen) atoms. The lowest BCUT2D eigenvalue weighted by molar-refractivity contribution is 0.355. The van der Waals surface area contributed by atoms with Crippen molar-refractivity contribution in [1.82, 2.24) is 0 Å². The molecular formula is C15H14Cl2INO2. The van der Waals surface area contributed by atoms with E-state index in [1.165, 1.54) is 0 Å². The van der Waals surface area contributed by atoms with Crippen molar-refractivity contribution in [1.29, 1.82) is 0 Å². The molecule has 0 saturated carbocycles. The standard InChI is InChI=1S/C15H14Cl2INO2/c1-20-14-6-9(5-11(17)15(14)21-2)8-19-13-4-3-10(16)7-12(13)18/h3-7,19H,8H2,1-2H3. The lowest BCUT2D eigenvalue weighted by Gasteiger charge is -2.13. The lowest BCUT2D eigenvalue weighted by Crippen LogP contribution is -2.02. The third-order valence-corrected chi connectivity index (χ3v) is 4.32. The van der Waals surface area contributed by atoms with Gasteiger partial charge in [0, 0.05) is 20.8 Å². The molecule has 0 unspecified atom stereocenters. The third kappa shape index (κ3) is 4.08. The van der Waals surface area contributed by atoms with Crippen molar-refractivity contribution in [2.45, 2.75) is 6.54 Å². The van der Waals surface area contributed by atoms with Crippen LogP contribution in [0.3, 0.4) is 0 Å². The molecule has 2 aromatic rings. The summed E-state index contributed by atoms with van der Waals surface area (Å²) in [5.41, 5.74) is 2.02. The highest BCUT2D eigenvalue weighted by atomic mass is 127. The fourth-order valence-corrected chi connectivity index (χ4v) is 3.28. The molecule has 0 amide bonds. The minimum Gasteiger partial charge on any atom is -0.493 e. The van der Waals surface area contributed by atoms with E-state index in [9.17, 15) is 0 Å². The highest BCUT2D eigenvalue weighted by Gasteiger charge is 2.11. The van der Waals surface area contributed by atoms with Gasteiger partial charge in [0.25, 0.3) is 0 Å². The van der Waals surface area contributed by atoms with Crippen molar-refractivity contribution in [3.8, 4) is 11.5 Å². The van der Waals surface area contributed by atoms with E-state index in [2.05, 4.69) is 27.9 Å². The van der Waals surface area contributed by atoms with Gasteiger partial charge in [-0.25, -0.2) is 0 Å². The van der Waals surface area contributed by atoms with Crippen LogP contribution in [0.4, 0.5) is 5.69 Å². The van der Waals surface area contributed by atoms with Gasteiger partial charge in [-0.05, 0) is 58.5 Å². The Morgan fingerprint density at radius 1 is 1.10 bits per heavy atom. The third-order valence-electron chi connectivity index (χ3n) is 2.91. The molecule has 0 saturated heterocycles. The van der Waals surface area contributed by atoms with Crippen LogP contribution < -0.4 is 14.8 Å². The average Bonchev–Trinajstić information content (AvgIpc) is 2.45. The van der Waals surface area contributed by atoms with E-state index < -0.39 is 0 Å². The number of benzene rings is 2. The summed E-state index contributed by atoms with van der Waals surface area (Å²) in [5.74, 6) is 1.16. The monoisotopic (exact) mass is 437 g/mol. The van der Waals surface area contributed by atoms with Gasteiger partial charge in [-0.3, -0.25) is 0 Å². The first kappa shape index (κ1) is 16.5. The van der Waals surface area contributed by atoms with E-state index in [-0.39, 0.29) is 0 Å². The summed E-state index contributed by atoms with van der Waals surface area (Å²) >= 11 is 14.4. The van der Waals surface area contributed by atoms with Crippen LogP contribution in [0, 0.1) is 3.57 Å². The van der Waals surface area contributed by atoms with Crippen molar-refractivity contribution in [3.63, 3.8) is 0 Å². The summed E-state index contributed by atoms with van der Waals surface area (Å²) in [6.07, 6.45) is 0. The number of ether oxygens (including phenoxy) is 2. The number of halogens is 3. The zero-order valence-electron chi connectivity index (χ0n) is 11.5. The van der Waals surface area contributed by atoms with Crippen molar-refractivity contribution in [2.24, 2.45) is 0 Å². The minimum atomic E-state index is 0.527. The molecule has 0 bridgehead atoms. The smallest absolute Gasteiger partial charge is 0.179 e. The first-order valence-electron chi connectivity index (χ1n) is 6.14. The van der Waals surface area contributed by atoms with Crippen LogP contribution >= 0.6 is 45.8 Å². The molecule has 0 heterocycles. The molecule has 0 spiro atoms. The number of anilines is 1. The predicted octanol–water partition coefficient (Wildman–Crippen LogP) is 5.23. The Kier molecular flexibility index (Phi) is 5.84. The van der Waals surface area contributed by atoms with Crippen LogP contribution in [0.5, 0.6) is 11.5 Å². The second-order valence-electron chi connectivity index (χ2n) is 4.29. The Hall–Kier alpha value is -0.850. The Balaban J connectivity index is 2.18. The largest absolute Gasteiger partial charge is 0.493 e. The molecule has 0 aliphatic rings. The summed E-state index contributed by atoms with van der Waals surface area (Å²) in [7, 11) is 3.16. The molecule has 0 atom stereocenters. The maximum Gasteiger partial charge on any atom is 0.179 e. The average molecular weight is 438 g/mol. The van der Waals surface area contributed by atoms with E-state index in [0.717, 1.165) is 19.8 Å². The van der Waals surface area contributed by atoms with Crippen molar-refractivity contribution < 1.29 is 9.47 Å². The topological polar surface area (TPSA) is 30.5 Å². The van der Waals surface area contributed by atoms with Gasteiger partial charge in [-0.2, -0.15) is 0 Å². The van der Waals surface area contributed by atoms with Crippen LogP contribution in [0.1, 0.15) is 5.56 Å². The summed E-state index contributed by atoms with van der Waals surface area (Å²) < 4.78 is 11.6. The second-order valence-corrected chi connectivity index (χ2v) is 6.30. The Bertz CT molecular complexity index is 650. The van der Waals surface area contributed by atoms with Crippen LogP contribution in [0.2, 0.25) is 10.0 Å². The fraction of sp³-hybridized carbons (Fsp3) is 0.200. The summed E-state index contributed by atoms with van der Waals surface area (Å²) in [4.78, 5) is 0. The normalized spacial score (nSPS) is 10.3. The van der Waals surface area contributed by atoms with E-state index in [1.54, 1.807) is 14.2 Å². The zero-order valence-corrected chi connectivity index (χ0v) is 15.2. The number of methoxy groups -OCH3 is 2. The van der Waals surface area contributed by atoms with Crippen LogP contribution in [-0.2, 0) is 6.54 Å². The fourth-order valence-electron chi connectivity index (χ4n) is 1.90. The van der Waals surface area contributed by atoms with Gasteiger partial charge in [0.15, 0.2) is 11.5 Å². The minimum absolute atomic E-state index is 0.527. The van der Waals surface area contributed by atoms with Crippen LogP contribution in [0.15, 0.2) is 30.3 Å². The molecule has 0 aliphatic heterocycles. The van der Waals surface area contributed by atoms with Gasteiger partial charge >= 0.3 is 0 Å². The molecule has 0 radical (unpaired) electrons. The molecule has 0 aliphatic carbocycles. The molecule has 112 valence electrons. The molecule has 3 nitrogen and oxygen atoms in total. The second kappa shape index (κ2) is 7.42. The van der Waals surface area contributed by atoms with Crippen LogP contribution in [-0.4, -0.2) is 14.2 Å². The van der Waals surface area contributed by atoms with E-state index in [1.807, 2.05) is 30.3 Å². The lowest BCUT2D eigenvalue weighted by atomic mass is 10.2. The van der Waals surface area contributed by atoms with Crippen molar-refractivity contribution >= 4 is 51.5 Å². The summed E-state index contributed by atoms with van der Waals surface area (Å²) in [5, 5.41) is 4.60. The van der Waals surface area contributed by atoms with Gasteiger partial charge < -0.3 is 14.8 Å². The Labute approximate surface area is 147 Å². The molecule has 1 N–H and O–H groups in total. The number of hydrogen-bond donors (Lipinski definition) is 1. The highest BCUT2D eigenvalue weighted by molar-refractivity contribution is 14.1. The van der Waals surface area contributed by atoms with Crippen molar-refractivity contribution in [3.05, 3.63) is 49.5 Å². The first-order chi connectivity index (χ1) is 10.0. The maximum absolute atomic E-state index is 6.20. The van der Waals surface area contributed by atoms with Gasteiger partial charge in [0.1, 0.15) is 0 Å². The maximum atomic E-state index is 6.20. The SMILES string of the molecule is COc1cc(CNc2ccc(Cl)cc2I)cc(Cl)c1OC. The van der Waals surface area contributed by atoms with Gasteiger partial charge in [-0.15, -0.1) is 0 Å². The Morgan fingerprint density at radius 2 is 1.86 bits per heavy atom. The summed E-state index contributed by atoms with van der Waals surface area (Å²) in [6, 6.07) is 9.48. The molecule has 0 aromatic heterocycles.